The van der Waals surface area contributed by atoms with E-state index >= 15 is 0 Å². The number of carbonyl (C=O) groups excluding carboxylic acids is 1. The molecule has 0 atom stereocenters. The molecule has 0 aliphatic heterocycles. The Morgan fingerprint density at radius 3 is 2.72 bits per heavy atom. The van der Waals surface area contributed by atoms with Crippen molar-refractivity contribution >= 4 is 23.4 Å². The van der Waals surface area contributed by atoms with E-state index in [0.29, 0.717) is 11.8 Å². The molecule has 1 aliphatic carbocycles. The summed E-state index contributed by atoms with van der Waals surface area (Å²) in [5.41, 5.74) is 2.53. The maximum Gasteiger partial charge on any atom is 0.234 e. The highest BCUT2D eigenvalue weighted by atomic mass is 32.2. The molecule has 3 aromatic heterocycles. The van der Waals surface area contributed by atoms with E-state index in [1.54, 1.807) is 10.9 Å². The molecular formula is C20H26N6O2S. The Morgan fingerprint density at radius 2 is 2.07 bits per heavy atom. The van der Waals surface area contributed by atoms with Crippen LogP contribution in [0.5, 0.6) is 0 Å². The van der Waals surface area contributed by atoms with Gasteiger partial charge in [0.25, 0.3) is 0 Å². The van der Waals surface area contributed by atoms with Gasteiger partial charge in [0.05, 0.1) is 29.1 Å². The number of carbonyl (C=O) groups is 1. The average Bonchev–Trinajstić information content (AvgIpc) is 3.44. The molecule has 0 spiro atoms. The molecule has 0 aromatic carbocycles. The summed E-state index contributed by atoms with van der Waals surface area (Å²) in [4.78, 5) is 12.6. The van der Waals surface area contributed by atoms with Crippen molar-refractivity contribution in [2.75, 3.05) is 11.1 Å². The molecule has 3 aromatic rings. The third-order valence-electron chi connectivity index (χ3n) is 5.45. The number of anilines is 1. The third kappa shape index (κ3) is 4.10. The SMILES string of the molecule is Cc1nn(C)c(C)c1NC(=O)CSc1nnc(-c2ccco2)n1C1CCCCC1. The van der Waals surface area contributed by atoms with Gasteiger partial charge in [-0.15, -0.1) is 10.2 Å². The van der Waals surface area contributed by atoms with Crippen LogP contribution in [0.3, 0.4) is 0 Å². The second kappa shape index (κ2) is 8.44. The fourth-order valence-corrected chi connectivity index (χ4v) is 4.68. The van der Waals surface area contributed by atoms with Crippen LogP contribution in [0.4, 0.5) is 5.69 Å². The smallest absolute Gasteiger partial charge is 0.234 e. The lowest BCUT2D eigenvalue weighted by atomic mass is 9.95. The van der Waals surface area contributed by atoms with E-state index < -0.39 is 0 Å². The summed E-state index contributed by atoms with van der Waals surface area (Å²) in [6.45, 7) is 3.84. The number of aryl methyl sites for hydroxylation is 2. The molecule has 0 saturated heterocycles. The van der Waals surface area contributed by atoms with Gasteiger partial charge >= 0.3 is 0 Å². The molecule has 0 unspecified atom stereocenters. The maximum absolute atomic E-state index is 12.6. The zero-order valence-electron chi connectivity index (χ0n) is 17.0. The Balaban J connectivity index is 1.51. The molecule has 0 bridgehead atoms. The zero-order valence-corrected chi connectivity index (χ0v) is 17.8. The molecule has 1 fully saturated rings. The zero-order chi connectivity index (χ0) is 20.4. The molecule has 1 amide bonds. The Hall–Kier alpha value is -2.55. The summed E-state index contributed by atoms with van der Waals surface area (Å²) in [6.07, 6.45) is 7.51. The molecule has 4 rings (SSSR count). The monoisotopic (exact) mass is 414 g/mol. The quantitative estimate of drug-likeness (QED) is 0.610. The molecule has 1 saturated carbocycles. The number of hydrogen-bond acceptors (Lipinski definition) is 6. The number of nitrogens with zero attached hydrogens (tertiary/aromatic N) is 5. The van der Waals surface area contributed by atoms with Gasteiger partial charge in [0.2, 0.25) is 11.7 Å². The minimum Gasteiger partial charge on any atom is -0.461 e. The van der Waals surface area contributed by atoms with Crippen molar-refractivity contribution in [2.45, 2.75) is 57.1 Å². The van der Waals surface area contributed by atoms with Gasteiger partial charge in [0.1, 0.15) is 0 Å². The van der Waals surface area contributed by atoms with Gasteiger partial charge in [-0.25, -0.2) is 0 Å². The van der Waals surface area contributed by atoms with Crippen LogP contribution >= 0.6 is 11.8 Å². The van der Waals surface area contributed by atoms with Gasteiger partial charge in [0, 0.05) is 13.1 Å². The standard InChI is InChI=1S/C20H26N6O2S/c1-13-18(14(2)25(3)24-13)21-17(27)12-29-20-23-22-19(16-10-7-11-28-16)26(20)15-8-5-4-6-9-15/h7,10-11,15H,4-6,8-9,12H2,1-3H3,(H,21,27). The van der Waals surface area contributed by atoms with Crippen LogP contribution in [0.1, 0.15) is 49.5 Å². The number of amides is 1. The van der Waals surface area contributed by atoms with E-state index in [1.807, 2.05) is 33.0 Å². The maximum atomic E-state index is 12.6. The normalized spacial score (nSPS) is 15.0. The topological polar surface area (TPSA) is 90.8 Å². The summed E-state index contributed by atoms with van der Waals surface area (Å²) >= 11 is 1.41. The second-order valence-electron chi connectivity index (χ2n) is 7.45. The van der Waals surface area contributed by atoms with Crippen molar-refractivity contribution < 1.29 is 9.21 Å². The predicted molar refractivity (Wildman–Crippen MR) is 112 cm³/mol. The minimum absolute atomic E-state index is 0.0769. The molecule has 0 radical (unpaired) electrons. The Bertz CT molecular complexity index is 985. The van der Waals surface area contributed by atoms with E-state index in [-0.39, 0.29) is 11.7 Å². The largest absolute Gasteiger partial charge is 0.461 e. The molecule has 154 valence electrons. The van der Waals surface area contributed by atoms with Crippen LogP contribution in [0, 0.1) is 13.8 Å². The second-order valence-corrected chi connectivity index (χ2v) is 8.39. The molecule has 8 nitrogen and oxygen atoms in total. The van der Waals surface area contributed by atoms with E-state index in [9.17, 15) is 4.79 Å². The van der Waals surface area contributed by atoms with Crippen LogP contribution in [0.2, 0.25) is 0 Å². The summed E-state index contributed by atoms with van der Waals surface area (Å²) in [5, 5.41) is 16.9. The first-order chi connectivity index (χ1) is 14.0. The van der Waals surface area contributed by atoms with Gasteiger partial charge in [-0.2, -0.15) is 5.10 Å². The van der Waals surface area contributed by atoms with Gasteiger partial charge in [-0.05, 0) is 38.8 Å². The first kappa shape index (κ1) is 19.8. The Kier molecular flexibility index (Phi) is 5.75. The van der Waals surface area contributed by atoms with Crippen LogP contribution in [-0.2, 0) is 11.8 Å². The van der Waals surface area contributed by atoms with Crippen molar-refractivity contribution in [2.24, 2.45) is 7.05 Å². The van der Waals surface area contributed by atoms with Gasteiger partial charge in [0.15, 0.2) is 10.9 Å². The van der Waals surface area contributed by atoms with Crippen molar-refractivity contribution in [3.05, 3.63) is 29.8 Å². The van der Waals surface area contributed by atoms with Crippen LogP contribution in [-0.4, -0.2) is 36.2 Å². The van der Waals surface area contributed by atoms with Crippen LogP contribution < -0.4 is 5.32 Å². The predicted octanol–water partition coefficient (Wildman–Crippen LogP) is 4.12. The van der Waals surface area contributed by atoms with E-state index in [0.717, 1.165) is 40.9 Å². The van der Waals surface area contributed by atoms with E-state index in [1.165, 1.54) is 31.0 Å². The lowest BCUT2D eigenvalue weighted by Crippen LogP contribution is -2.18. The summed E-state index contributed by atoms with van der Waals surface area (Å²) in [6, 6.07) is 4.10. The van der Waals surface area contributed by atoms with Crippen molar-refractivity contribution in [1.29, 1.82) is 0 Å². The van der Waals surface area contributed by atoms with E-state index in [4.69, 9.17) is 4.42 Å². The van der Waals surface area contributed by atoms with Crippen molar-refractivity contribution in [1.82, 2.24) is 24.5 Å². The van der Waals surface area contributed by atoms with Gasteiger partial charge in [-0.3, -0.25) is 14.0 Å². The third-order valence-corrected chi connectivity index (χ3v) is 6.39. The Labute approximate surface area is 174 Å². The lowest BCUT2D eigenvalue weighted by Gasteiger charge is -2.25. The molecule has 29 heavy (non-hydrogen) atoms. The fourth-order valence-electron chi connectivity index (χ4n) is 3.88. The van der Waals surface area contributed by atoms with E-state index in [2.05, 4.69) is 25.2 Å². The Morgan fingerprint density at radius 1 is 1.28 bits per heavy atom. The molecule has 3 heterocycles. The first-order valence-corrected chi connectivity index (χ1v) is 10.9. The number of aromatic nitrogens is 5. The summed E-state index contributed by atoms with van der Waals surface area (Å²) < 4.78 is 9.51. The summed E-state index contributed by atoms with van der Waals surface area (Å²) in [7, 11) is 1.87. The van der Waals surface area contributed by atoms with Crippen LogP contribution in [0.15, 0.2) is 28.0 Å². The van der Waals surface area contributed by atoms with Crippen LogP contribution in [0.25, 0.3) is 11.6 Å². The summed E-state index contributed by atoms with van der Waals surface area (Å²) in [5.74, 6) is 1.63. The number of thioether (sulfide) groups is 1. The number of hydrogen-bond donors (Lipinski definition) is 1. The molecule has 1 aliphatic rings. The molecule has 1 N–H and O–H groups in total. The highest BCUT2D eigenvalue weighted by molar-refractivity contribution is 7.99. The van der Waals surface area contributed by atoms with Crippen molar-refractivity contribution in [3.63, 3.8) is 0 Å². The van der Waals surface area contributed by atoms with Gasteiger partial charge < -0.3 is 9.73 Å². The fraction of sp³-hybridized carbons (Fsp3) is 0.500. The average molecular weight is 415 g/mol. The number of furan rings is 1. The lowest BCUT2D eigenvalue weighted by molar-refractivity contribution is -0.113. The highest BCUT2D eigenvalue weighted by Gasteiger charge is 2.25. The highest BCUT2D eigenvalue weighted by Crippen LogP contribution is 2.35. The number of rotatable bonds is 6. The van der Waals surface area contributed by atoms with Gasteiger partial charge in [-0.1, -0.05) is 31.0 Å². The molecular weight excluding hydrogens is 388 g/mol. The first-order valence-electron chi connectivity index (χ1n) is 9.96. The minimum atomic E-state index is -0.0769. The molecule has 9 heteroatoms. The number of nitrogens with one attached hydrogen (secondary N) is 1. The van der Waals surface area contributed by atoms with Crippen molar-refractivity contribution in [3.8, 4) is 11.6 Å².